The van der Waals surface area contributed by atoms with Crippen LogP contribution in [0.25, 0.3) is 10.1 Å². The van der Waals surface area contributed by atoms with Gasteiger partial charge in [0.15, 0.2) is 6.61 Å². The number of halogens is 1. The van der Waals surface area contributed by atoms with Crippen LogP contribution < -0.4 is 10.6 Å². The molecule has 2 amide bonds. The number of benzene rings is 1. The summed E-state index contributed by atoms with van der Waals surface area (Å²) >= 11 is 1.07. The minimum atomic E-state index is -0.742. The summed E-state index contributed by atoms with van der Waals surface area (Å²) in [5, 5.41) is 5.29. The van der Waals surface area contributed by atoms with E-state index < -0.39 is 24.3 Å². The maximum Gasteiger partial charge on any atom is 0.349 e. The fourth-order valence-corrected chi connectivity index (χ4v) is 3.48. The van der Waals surface area contributed by atoms with Crippen molar-refractivity contribution in [1.82, 2.24) is 10.6 Å². The molecule has 0 aliphatic rings. The van der Waals surface area contributed by atoms with Crippen molar-refractivity contribution in [2.75, 3.05) is 26.8 Å². The molecule has 2 N–H and O–H groups in total. The van der Waals surface area contributed by atoms with E-state index in [1.807, 2.05) is 6.92 Å². The average Bonchev–Trinajstić information content (AvgIpc) is 3.03. The third kappa shape index (κ3) is 5.48. The van der Waals surface area contributed by atoms with Crippen LogP contribution in [0.4, 0.5) is 4.39 Å². The Balaban J connectivity index is 1.99. The van der Waals surface area contributed by atoms with Crippen molar-refractivity contribution >= 4 is 39.2 Å². The Kier molecular flexibility index (Phi) is 7.68. The molecule has 0 fully saturated rings. The number of nitrogens with one attached hydrogen (secondary N) is 2. The van der Waals surface area contributed by atoms with Crippen LogP contribution in [-0.2, 0) is 25.7 Å². The standard InChI is InChI=1S/C18H21FN2O5S/c1-3-7-20-14(22)8-21-15(23)10-26-18(24)17-11(9-25-2)16-12(19)5-4-6-13(16)27-17/h4-6H,3,7-10H2,1-2H3,(H,20,22)(H,21,23). The number of ether oxygens (including phenoxy) is 2. The molecule has 0 aliphatic heterocycles. The number of rotatable bonds is 9. The van der Waals surface area contributed by atoms with E-state index in [4.69, 9.17) is 9.47 Å². The van der Waals surface area contributed by atoms with Crippen LogP contribution in [0.1, 0.15) is 28.6 Å². The zero-order valence-electron chi connectivity index (χ0n) is 15.1. The third-order valence-corrected chi connectivity index (χ3v) is 4.77. The van der Waals surface area contributed by atoms with Gasteiger partial charge >= 0.3 is 5.97 Å². The first kappa shape index (κ1) is 20.8. The fraction of sp³-hybridized carbons (Fsp3) is 0.389. The van der Waals surface area contributed by atoms with E-state index in [0.717, 1.165) is 17.8 Å². The Morgan fingerprint density at radius 3 is 2.67 bits per heavy atom. The van der Waals surface area contributed by atoms with E-state index >= 15 is 0 Å². The second kappa shape index (κ2) is 9.98. The maximum atomic E-state index is 14.1. The number of hydrogen-bond donors (Lipinski definition) is 2. The van der Waals surface area contributed by atoms with Crippen LogP contribution in [0.2, 0.25) is 0 Å². The number of esters is 1. The quantitative estimate of drug-likeness (QED) is 0.632. The number of fused-ring (bicyclic) bond motifs is 1. The Labute approximate surface area is 159 Å². The van der Waals surface area contributed by atoms with Gasteiger partial charge in [0, 0.05) is 29.3 Å². The molecule has 0 unspecified atom stereocenters. The molecule has 0 saturated heterocycles. The molecule has 7 nitrogen and oxygen atoms in total. The van der Waals surface area contributed by atoms with Gasteiger partial charge in [0.25, 0.3) is 5.91 Å². The Hall–Kier alpha value is -2.52. The van der Waals surface area contributed by atoms with Gasteiger partial charge in [0.2, 0.25) is 5.91 Å². The van der Waals surface area contributed by atoms with Crippen LogP contribution in [-0.4, -0.2) is 44.6 Å². The summed E-state index contributed by atoms with van der Waals surface area (Å²) in [6.45, 7) is 1.74. The van der Waals surface area contributed by atoms with Gasteiger partial charge in [-0.1, -0.05) is 13.0 Å². The summed E-state index contributed by atoms with van der Waals surface area (Å²) in [4.78, 5) is 35.7. The highest BCUT2D eigenvalue weighted by Gasteiger charge is 2.22. The number of amides is 2. The minimum absolute atomic E-state index is 0.0369. The lowest BCUT2D eigenvalue weighted by atomic mass is 10.1. The van der Waals surface area contributed by atoms with E-state index in [9.17, 15) is 18.8 Å². The monoisotopic (exact) mass is 396 g/mol. The van der Waals surface area contributed by atoms with Gasteiger partial charge in [-0.3, -0.25) is 9.59 Å². The van der Waals surface area contributed by atoms with Crippen LogP contribution >= 0.6 is 11.3 Å². The lowest BCUT2D eigenvalue weighted by Crippen LogP contribution is -2.38. The van der Waals surface area contributed by atoms with E-state index in [-0.39, 0.29) is 23.9 Å². The fourth-order valence-electron chi connectivity index (χ4n) is 2.37. The molecule has 0 radical (unpaired) electrons. The van der Waals surface area contributed by atoms with Crippen LogP contribution in [0.3, 0.4) is 0 Å². The number of carbonyl (C=O) groups is 3. The Bertz CT molecular complexity index is 837. The second-order valence-electron chi connectivity index (χ2n) is 5.66. The van der Waals surface area contributed by atoms with Crippen LogP contribution in [0.5, 0.6) is 0 Å². The zero-order valence-corrected chi connectivity index (χ0v) is 15.9. The van der Waals surface area contributed by atoms with Crippen molar-refractivity contribution in [1.29, 1.82) is 0 Å². The largest absolute Gasteiger partial charge is 0.451 e. The SMILES string of the molecule is CCCNC(=O)CNC(=O)COC(=O)c1sc2cccc(F)c2c1COC. The van der Waals surface area contributed by atoms with Gasteiger partial charge < -0.3 is 20.1 Å². The van der Waals surface area contributed by atoms with Crippen LogP contribution in [0, 0.1) is 5.82 Å². The van der Waals surface area contributed by atoms with Gasteiger partial charge in [-0.25, -0.2) is 9.18 Å². The van der Waals surface area contributed by atoms with Crippen molar-refractivity contribution in [2.45, 2.75) is 20.0 Å². The number of thiophene rings is 1. The molecular weight excluding hydrogens is 375 g/mol. The van der Waals surface area contributed by atoms with Crippen molar-refractivity contribution in [3.05, 3.63) is 34.5 Å². The molecule has 146 valence electrons. The van der Waals surface area contributed by atoms with Crippen LogP contribution in [0.15, 0.2) is 18.2 Å². The van der Waals surface area contributed by atoms with Crippen molar-refractivity contribution in [3.8, 4) is 0 Å². The van der Waals surface area contributed by atoms with Crippen molar-refractivity contribution in [3.63, 3.8) is 0 Å². The Morgan fingerprint density at radius 1 is 1.19 bits per heavy atom. The summed E-state index contributed by atoms with van der Waals surface area (Å²) in [6, 6.07) is 4.55. The summed E-state index contributed by atoms with van der Waals surface area (Å²) in [7, 11) is 1.44. The van der Waals surface area contributed by atoms with E-state index in [1.54, 1.807) is 12.1 Å². The minimum Gasteiger partial charge on any atom is -0.451 e. The van der Waals surface area contributed by atoms with E-state index in [0.29, 0.717) is 22.2 Å². The van der Waals surface area contributed by atoms with Crippen molar-refractivity contribution in [2.24, 2.45) is 0 Å². The molecule has 1 aromatic heterocycles. The molecule has 0 aliphatic carbocycles. The first-order valence-electron chi connectivity index (χ1n) is 8.37. The smallest absolute Gasteiger partial charge is 0.349 e. The lowest BCUT2D eigenvalue weighted by molar-refractivity contribution is -0.127. The molecule has 2 aromatic rings. The maximum absolute atomic E-state index is 14.1. The Morgan fingerprint density at radius 2 is 1.96 bits per heavy atom. The van der Waals surface area contributed by atoms with E-state index in [1.165, 1.54) is 13.2 Å². The molecule has 0 spiro atoms. The third-order valence-electron chi connectivity index (χ3n) is 3.59. The number of hydrogen-bond acceptors (Lipinski definition) is 6. The van der Waals surface area contributed by atoms with Gasteiger partial charge in [0.1, 0.15) is 10.7 Å². The average molecular weight is 396 g/mol. The summed E-state index contributed by atoms with van der Waals surface area (Å²) < 4.78 is 24.8. The van der Waals surface area contributed by atoms with Crippen molar-refractivity contribution < 1.29 is 28.2 Å². The highest BCUT2D eigenvalue weighted by molar-refractivity contribution is 7.21. The molecule has 27 heavy (non-hydrogen) atoms. The molecule has 0 saturated carbocycles. The summed E-state index contributed by atoms with van der Waals surface area (Å²) in [5.41, 5.74) is 0.389. The predicted octanol–water partition coefficient (Wildman–Crippen LogP) is 1.99. The predicted molar refractivity (Wildman–Crippen MR) is 99.1 cm³/mol. The molecule has 0 atom stereocenters. The first-order valence-corrected chi connectivity index (χ1v) is 9.18. The van der Waals surface area contributed by atoms with Gasteiger partial charge in [0.05, 0.1) is 13.2 Å². The molecule has 0 bridgehead atoms. The first-order chi connectivity index (χ1) is 13.0. The second-order valence-corrected chi connectivity index (χ2v) is 6.71. The highest BCUT2D eigenvalue weighted by atomic mass is 32.1. The molecule has 1 aromatic carbocycles. The highest BCUT2D eigenvalue weighted by Crippen LogP contribution is 2.34. The van der Waals surface area contributed by atoms with Gasteiger partial charge in [-0.2, -0.15) is 0 Å². The topological polar surface area (TPSA) is 93.7 Å². The normalized spacial score (nSPS) is 10.6. The summed E-state index contributed by atoms with van der Waals surface area (Å²) in [5.74, 6) is -2.12. The lowest BCUT2D eigenvalue weighted by Gasteiger charge is -2.07. The van der Waals surface area contributed by atoms with Gasteiger partial charge in [-0.05, 0) is 18.6 Å². The zero-order chi connectivity index (χ0) is 19.8. The summed E-state index contributed by atoms with van der Waals surface area (Å²) in [6.07, 6.45) is 0.789. The molecule has 9 heteroatoms. The number of methoxy groups -OCH3 is 1. The molecule has 2 rings (SSSR count). The van der Waals surface area contributed by atoms with E-state index in [2.05, 4.69) is 10.6 Å². The van der Waals surface area contributed by atoms with Gasteiger partial charge in [-0.15, -0.1) is 11.3 Å². The molecular formula is C18H21FN2O5S. The molecule has 1 heterocycles. The number of carbonyl (C=O) groups excluding carboxylic acids is 3.